The average molecular weight is 277 g/mol. The number of benzene rings is 2. The first-order chi connectivity index (χ1) is 8.61. The molecule has 0 bridgehead atoms. The van der Waals surface area contributed by atoms with Gasteiger partial charge in [0.25, 0.3) is 0 Å². The maximum atomic E-state index is 9.10. The number of anilines is 2. The molecule has 0 aliphatic rings. The van der Waals surface area contributed by atoms with Gasteiger partial charge in [-0.15, -0.1) is 0 Å². The van der Waals surface area contributed by atoms with E-state index in [0.717, 1.165) is 5.56 Å². The van der Waals surface area contributed by atoms with Gasteiger partial charge in [-0.1, -0.05) is 35.3 Å². The lowest BCUT2D eigenvalue weighted by Gasteiger charge is -2.11. The molecule has 0 atom stereocenters. The van der Waals surface area contributed by atoms with Crippen molar-refractivity contribution < 1.29 is 0 Å². The zero-order valence-electron chi connectivity index (χ0n) is 9.67. The fourth-order valence-corrected chi connectivity index (χ4v) is 2.10. The molecule has 2 aromatic rings. The summed E-state index contributed by atoms with van der Waals surface area (Å²) < 4.78 is 0. The zero-order valence-corrected chi connectivity index (χ0v) is 11.2. The van der Waals surface area contributed by atoms with Crippen molar-refractivity contribution in [1.29, 1.82) is 5.26 Å². The van der Waals surface area contributed by atoms with E-state index in [1.54, 1.807) is 18.2 Å². The zero-order chi connectivity index (χ0) is 13.1. The van der Waals surface area contributed by atoms with Crippen LogP contribution >= 0.6 is 23.2 Å². The van der Waals surface area contributed by atoms with Crippen LogP contribution in [0.2, 0.25) is 10.0 Å². The van der Waals surface area contributed by atoms with Crippen LogP contribution in [0.4, 0.5) is 11.4 Å². The molecule has 1 N–H and O–H groups in total. The smallest absolute Gasteiger partial charge is 0.101 e. The van der Waals surface area contributed by atoms with Crippen molar-refractivity contribution in [2.75, 3.05) is 5.32 Å². The van der Waals surface area contributed by atoms with Gasteiger partial charge >= 0.3 is 0 Å². The molecular weight excluding hydrogens is 267 g/mol. The first-order valence-electron chi connectivity index (χ1n) is 5.33. The van der Waals surface area contributed by atoms with Crippen LogP contribution in [0.25, 0.3) is 0 Å². The van der Waals surface area contributed by atoms with Gasteiger partial charge in [0.1, 0.15) is 6.07 Å². The molecule has 0 spiro atoms. The van der Waals surface area contributed by atoms with Crippen molar-refractivity contribution >= 4 is 34.6 Å². The lowest BCUT2D eigenvalue weighted by molar-refractivity contribution is 1.40. The summed E-state index contributed by atoms with van der Waals surface area (Å²) in [5, 5.41) is 13.2. The monoisotopic (exact) mass is 276 g/mol. The number of halogens is 2. The van der Waals surface area contributed by atoms with Crippen LogP contribution in [-0.4, -0.2) is 0 Å². The molecule has 18 heavy (non-hydrogen) atoms. The molecule has 4 heteroatoms. The Hall–Kier alpha value is -1.69. The van der Waals surface area contributed by atoms with E-state index in [-0.39, 0.29) is 0 Å². The van der Waals surface area contributed by atoms with Crippen molar-refractivity contribution in [3.8, 4) is 6.07 Å². The average Bonchev–Trinajstić information content (AvgIpc) is 2.35. The highest BCUT2D eigenvalue weighted by Gasteiger charge is 2.08. The Morgan fingerprint density at radius 2 is 1.78 bits per heavy atom. The lowest BCUT2D eigenvalue weighted by atomic mass is 10.1. The van der Waals surface area contributed by atoms with Crippen LogP contribution in [-0.2, 0) is 0 Å². The quantitative estimate of drug-likeness (QED) is 0.845. The van der Waals surface area contributed by atoms with Gasteiger partial charge in [-0.25, -0.2) is 0 Å². The molecule has 0 saturated carbocycles. The Balaban J connectivity index is 2.44. The fourth-order valence-electron chi connectivity index (χ4n) is 1.61. The Bertz CT molecular complexity index is 610. The van der Waals surface area contributed by atoms with Crippen molar-refractivity contribution in [2.24, 2.45) is 0 Å². The van der Waals surface area contributed by atoms with Crippen molar-refractivity contribution in [3.63, 3.8) is 0 Å². The topological polar surface area (TPSA) is 35.8 Å². The van der Waals surface area contributed by atoms with Crippen LogP contribution in [0.3, 0.4) is 0 Å². The molecule has 0 aliphatic heterocycles. The summed E-state index contributed by atoms with van der Waals surface area (Å²) in [5.74, 6) is 0. The minimum absolute atomic E-state index is 0.520. The number of hydrogen-bond acceptors (Lipinski definition) is 2. The molecule has 0 amide bonds. The lowest BCUT2D eigenvalue weighted by Crippen LogP contribution is -1.95. The second-order valence-corrected chi connectivity index (χ2v) is 4.70. The van der Waals surface area contributed by atoms with Crippen LogP contribution in [0.5, 0.6) is 0 Å². The van der Waals surface area contributed by atoms with Crippen LogP contribution in [0, 0.1) is 18.3 Å². The maximum absolute atomic E-state index is 9.10. The number of nitrogens with zero attached hydrogens (tertiary/aromatic N) is 1. The van der Waals surface area contributed by atoms with Crippen LogP contribution in [0.1, 0.15) is 11.1 Å². The van der Waals surface area contributed by atoms with E-state index in [1.807, 2.05) is 25.1 Å². The predicted octanol–water partition coefficient (Wildman–Crippen LogP) is 4.92. The minimum atomic E-state index is 0.520. The second-order valence-electron chi connectivity index (χ2n) is 3.88. The fraction of sp³-hybridized carbons (Fsp3) is 0.0714. The van der Waals surface area contributed by atoms with Gasteiger partial charge in [-0.2, -0.15) is 5.26 Å². The maximum Gasteiger partial charge on any atom is 0.101 e. The molecule has 0 aromatic heterocycles. The summed E-state index contributed by atoms with van der Waals surface area (Å²) in [6.45, 7) is 1.94. The van der Waals surface area contributed by atoms with Gasteiger partial charge in [0.15, 0.2) is 0 Å². The summed E-state index contributed by atoms with van der Waals surface area (Å²) >= 11 is 12.2. The Morgan fingerprint density at radius 1 is 1.11 bits per heavy atom. The molecule has 2 nitrogen and oxygen atoms in total. The first-order valence-corrected chi connectivity index (χ1v) is 6.09. The van der Waals surface area contributed by atoms with Gasteiger partial charge in [0.2, 0.25) is 0 Å². The van der Waals surface area contributed by atoms with Crippen LogP contribution in [0.15, 0.2) is 36.4 Å². The molecule has 0 heterocycles. The summed E-state index contributed by atoms with van der Waals surface area (Å²) in [6, 6.07) is 13.0. The number of para-hydroxylation sites is 1. The normalized spacial score (nSPS) is 9.89. The molecule has 0 aliphatic carbocycles. The van der Waals surface area contributed by atoms with E-state index >= 15 is 0 Å². The molecular formula is C14H10Cl2N2. The molecule has 2 aromatic carbocycles. The van der Waals surface area contributed by atoms with E-state index in [4.69, 9.17) is 28.5 Å². The Morgan fingerprint density at radius 3 is 2.39 bits per heavy atom. The third-order valence-corrected chi connectivity index (χ3v) is 3.15. The SMILES string of the molecule is Cc1ccc(Nc2c(Cl)cccc2Cl)c(C#N)c1. The van der Waals surface area contributed by atoms with Gasteiger partial charge in [0, 0.05) is 0 Å². The van der Waals surface area contributed by atoms with Gasteiger partial charge in [-0.3, -0.25) is 0 Å². The van der Waals surface area contributed by atoms with E-state index in [1.165, 1.54) is 0 Å². The Kier molecular flexibility index (Phi) is 3.76. The van der Waals surface area contributed by atoms with E-state index in [2.05, 4.69) is 11.4 Å². The highest BCUT2D eigenvalue weighted by atomic mass is 35.5. The highest BCUT2D eigenvalue weighted by molar-refractivity contribution is 6.39. The summed E-state index contributed by atoms with van der Waals surface area (Å²) in [7, 11) is 0. The van der Waals surface area contributed by atoms with Crippen molar-refractivity contribution in [1.82, 2.24) is 0 Å². The van der Waals surface area contributed by atoms with Gasteiger partial charge in [-0.05, 0) is 36.8 Å². The van der Waals surface area contributed by atoms with Gasteiger partial charge in [0.05, 0.1) is 27.0 Å². The number of aryl methyl sites for hydroxylation is 1. The predicted molar refractivity (Wildman–Crippen MR) is 75.6 cm³/mol. The minimum Gasteiger partial charge on any atom is -0.352 e. The molecule has 0 saturated heterocycles. The number of nitriles is 1. The molecule has 0 radical (unpaired) electrons. The molecule has 2 rings (SSSR count). The largest absolute Gasteiger partial charge is 0.352 e. The van der Waals surface area contributed by atoms with E-state index in [0.29, 0.717) is 27.0 Å². The van der Waals surface area contributed by atoms with Crippen LogP contribution < -0.4 is 5.32 Å². The highest BCUT2D eigenvalue weighted by Crippen LogP contribution is 2.33. The molecule has 90 valence electrons. The third kappa shape index (κ3) is 2.59. The van der Waals surface area contributed by atoms with Crippen molar-refractivity contribution in [2.45, 2.75) is 6.92 Å². The van der Waals surface area contributed by atoms with Gasteiger partial charge < -0.3 is 5.32 Å². The third-order valence-electron chi connectivity index (χ3n) is 2.52. The number of rotatable bonds is 2. The van der Waals surface area contributed by atoms with E-state index in [9.17, 15) is 0 Å². The Labute approximate surface area is 116 Å². The molecule has 0 fully saturated rings. The summed E-state index contributed by atoms with van der Waals surface area (Å²) in [6.07, 6.45) is 0. The second kappa shape index (κ2) is 5.30. The number of nitrogens with one attached hydrogen (secondary N) is 1. The molecule has 0 unspecified atom stereocenters. The summed E-state index contributed by atoms with van der Waals surface area (Å²) in [5.41, 5.74) is 2.90. The van der Waals surface area contributed by atoms with E-state index < -0.39 is 0 Å². The summed E-state index contributed by atoms with van der Waals surface area (Å²) in [4.78, 5) is 0. The number of hydrogen-bond donors (Lipinski definition) is 1. The first kappa shape index (κ1) is 12.8. The standard InChI is InChI=1S/C14H10Cl2N2/c1-9-5-6-13(10(7-9)8-17)18-14-11(15)3-2-4-12(14)16/h2-7,18H,1H3. The van der Waals surface area contributed by atoms with Crippen molar-refractivity contribution in [3.05, 3.63) is 57.6 Å².